The van der Waals surface area contributed by atoms with Gasteiger partial charge < -0.3 is 14.7 Å². The van der Waals surface area contributed by atoms with Gasteiger partial charge in [-0.3, -0.25) is 4.79 Å². The Balaban J connectivity index is 1.72. The first kappa shape index (κ1) is 25.7. The van der Waals surface area contributed by atoms with Gasteiger partial charge in [0.1, 0.15) is 16.7 Å². The third kappa shape index (κ3) is 5.71. The monoisotopic (exact) mass is 500 g/mol. The van der Waals surface area contributed by atoms with Crippen LogP contribution in [-0.2, 0) is 14.8 Å². The summed E-state index contributed by atoms with van der Waals surface area (Å²) in [7, 11) is -2.11. The largest absolute Gasteiger partial charge is 0.487 e. The van der Waals surface area contributed by atoms with Gasteiger partial charge in [0.25, 0.3) is 0 Å². The Hall–Kier alpha value is -2.42. The van der Waals surface area contributed by atoms with Crippen LogP contribution in [0.25, 0.3) is 11.1 Å². The normalized spacial score (nSPS) is 22.9. The van der Waals surface area contributed by atoms with Crippen LogP contribution >= 0.6 is 0 Å². The van der Waals surface area contributed by atoms with Crippen LogP contribution in [0.4, 0.5) is 0 Å². The smallest absolute Gasteiger partial charge is 0.247 e. The highest BCUT2D eigenvalue weighted by atomic mass is 32.2. The van der Waals surface area contributed by atoms with Gasteiger partial charge >= 0.3 is 0 Å². The van der Waals surface area contributed by atoms with Gasteiger partial charge in [0.15, 0.2) is 0 Å². The highest BCUT2D eigenvalue weighted by Gasteiger charge is 2.38. The quantitative estimate of drug-likeness (QED) is 0.627. The molecule has 4 rings (SSSR count). The predicted octanol–water partition coefficient (Wildman–Crippen LogP) is 3.69. The van der Waals surface area contributed by atoms with Gasteiger partial charge in [-0.2, -0.15) is 4.31 Å². The van der Waals surface area contributed by atoms with Gasteiger partial charge in [0.05, 0.1) is 13.2 Å². The van der Waals surface area contributed by atoms with Crippen LogP contribution in [0, 0.1) is 18.8 Å². The minimum Gasteiger partial charge on any atom is -0.487 e. The van der Waals surface area contributed by atoms with Crippen molar-refractivity contribution in [3.05, 3.63) is 48.0 Å². The summed E-state index contributed by atoms with van der Waals surface area (Å²) >= 11 is 0. The maximum Gasteiger partial charge on any atom is 0.247 e. The molecule has 0 unspecified atom stereocenters. The Morgan fingerprint density at radius 1 is 1.17 bits per heavy atom. The highest BCUT2D eigenvalue weighted by molar-refractivity contribution is 7.89. The van der Waals surface area contributed by atoms with E-state index in [0.717, 1.165) is 29.5 Å². The van der Waals surface area contributed by atoms with Gasteiger partial charge in [-0.05, 0) is 55.9 Å². The number of fused-ring (bicyclic) bond motifs is 1. The molecule has 3 atom stereocenters. The number of carbonyl (C=O) groups is 1. The molecule has 2 aromatic carbocycles. The van der Waals surface area contributed by atoms with Crippen molar-refractivity contribution in [2.24, 2.45) is 11.8 Å². The van der Waals surface area contributed by atoms with E-state index in [0.29, 0.717) is 18.9 Å². The standard InChI is InChI=1S/C27H36N2O5S/c1-18-5-9-22(10-6-18)23-11-12-26-24(14-23)34-25(16-28(4)27(31)13-21-7-8-21)19(2)15-29(20(3)17-30)35(26,32)33/h5-6,9-12,14,19-21,25,30H,7-8,13,15-17H2,1-4H3/t19-,20+,25+/m1/s1. The van der Waals surface area contributed by atoms with Crippen molar-refractivity contribution in [2.75, 3.05) is 26.7 Å². The second kappa shape index (κ2) is 10.3. The zero-order chi connectivity index (χ0) is 25.3. The molecular formula is C27H36N2O5S. The number of hydrogen-bond acceptors (Lipinski definition) is 5. The van der Waals surface area contributed by atoms with Crippen LogP contribution < -0.4 is 4.74 Å². The number of aliphatic hydroxyl groups excluding tert-OH is 1. The molecule has 1 heterocycles. The van der Waals surface area contributed by atoms with E-state index in [1.165, 1.54) is 4.31 Å². The zero-order valence-corrected chi connectivity index (χ0v) is 21.8. The van der Waals surface area contributed by atoms with Crippen molar-refractivity contribution in [2.45, 2.75) is 57.1 Å². The van der Waals surface area contributed by atoms with Crippen LogP contribution in [0.2, 0.25) is 0 Å². The molecule has 2 aliphatic rings. The number of sulfonamides is 1. The number of carbonyl (C=O) groups excluding carboxylic acids is 1. The van der Waals surface area contributed by atoms with Crippen LogP contribution in [0.5, 0.6) is 5.75 Å². The number of likely N-dealkylation sites (N-methyl/N-ethyl adjacent to an activating group) is 1. The van der Waals surface area contributed by atoms with E-state index < -0.39 is 22.2 Å². The maximum atomic E-state index is 13.7. The third-order valence-corrected chi connectivity index (χ3v) is 9.11. The molecule has 35 heavy (non-hydrogen) atoms. The molecule has 190 valence electrons. The van der Waals surface area contributed by atoms with Gasteiger partial charge in [0, 0.05) is 32.0 Å². The van der Waals surface area contributed by atoms with Crippen LogP contribution in [-0.4, -0.2) is 67.5 Å². The summed E-state index contributed by atoms with van der Waals surface area (Å²) in [5, 5.41) is 9.81. The molecule has 0 bridgehead atoms. The molecule has 0 radical (unpaired) electrons. The molecule has 1 aliphatic heterocycles. The van der Waals surface area contributed by atoms with Crippen LogP contribution in [0.3, 0.4) is 0 Å². The lowest BCUT2D eigenvalue weighted by molar-refractivity contribution is -0.131. The lowest BCUT2D eigenvalue weighted by Crippen LogP contribution is -2.50. The lowest BCUT2D eigenvalue weighted by atomic mass is 10.0. The first-order chi connectivity index (χ1) is 16.6. The summed E-state index contributed by atoms with van der Waals surface area (Å²) in [6, 6.07) is 12.6. The minimum absolute atomic E-state index is 0.0810. The number of hydrogen-bond donors (Lipinski definition) is 1. The van der Waals surface area contributed by atoms with E-state index in [1.807, 2.05) is 38.1 Å². The summed E-state index contributed by atoms with van der Waals surface area (Å²) in [5.41, 5.74) is 2.95. The maximum absolute atomic E-state index is 13.7. The van der Waals surface area contributed by atoms with Crippen LogP contribution in [0.1, 0.15) is 38.7 Å². The summed E-state index contributed by atoms with van der Waals surface area (Å²) in [5.74, 6) is 0.653. The highest BCUT2D eigenvalue weighted by Crippen LogP contribution is 2.37. The molecule has 1 amide bonds. The molecule has 1 N–H and O–H groups in total. The molecular weight excluding hydrogens is 464 g/mol. The number of rotatable bonds is 7. The average molecular weight is 501 g/mol. The second-order valence-electron chi connectivity index (χ2n) is 10.2. The Labute approximate surface area is 208 Å². The molecule has 1 fully saturated rings. The van der Waals surface area contributed by atoms with E-state index in [4.69, 9.17) is 4.74 Å². The topological polar surface area (TPSA) is 87.2 Å². The van der Waals surface area contributed by atoms with E-state index in [-0.39, 0.29) is 35.6 Å². The molecule has 8 heteroatoms. The number of nitrogens with zero attached hydrogens (tertiary/aromatic N) is 2. The number of aryl methyl sites for hydroxylation is 1. The lowest BCUT2D eigenvalue weighted by Gasteiger charge is -2.37. The van der Waals surface area contributed by atoms with Crippen molar-refractivity contribution in [3.8, 4) is 16.9 Å². The van der Waals surface area contributed by atoms with Crippen molar-refractivity contribution in [3.63, 3.8) is 0 Å². The van der Waals surface area contributed by atoms with Crippen molar-refractivity contribution in [1.82, 2.24) is 9.21 Å². The summed E-state index contributed by atoms with van der Waals surface area (Å²) in [6.45, 7) is 5.93. The van der Waals surface area contributed by atoms with E-state index >= 15 is 0 Å². The fourth-order valence-corrected chi connectivity index (χ4v) is 6.29. The predicted molar refractivity (Wildman–Crippen MR) is 136 cm³/mol. The molecule has 0 saturated heterocycles. The minimum atomic E-state index is -3.90. The second-order valence-corrected chi connectivity index (χ2v) is 12.0. The number of ether oxygens (including phenoxy) is 1. The molecule has 7 nitrogen and oxygen atoms in total. The van der Waals surface area contributed by atoms with Gasteiger partial charge in [0.2, 0.25) is 15.9 Å². The molecule has 0 aromatic heterocycles. The number of benzene rings is 2. The Morgan fingerprint density at radius 2 is 1.83 bits per heavy atom. The first-order valence-electron chi connectivity index (χ1n) is 12.3. The van der Waals surface area contributed by atoms with Crippen LogP contribution in [0.15, 0.2) is 47.4 Å². The average Bonchev–Trinajstić information content (AvgIpc) is 3.65. The number of aliphatic hydroxyl groups is 1. The fraction of sp³-hybridized carbons (Fsp3) is 0.519. The SMILES string of the molecule is Cc1ccc(-c2ccc3c(c2)O[C@@H](CN(C)C(=O)CC2CC2)[C@H](C)CN([C@@H](C)CO)S3(=O)=O)cc1. The Morgan fingerprint density at radius 3 is 2.46 bits per heavy atom. The molecule has 1 aliphatic carbocycles. The summed E-state index contributed by atoms with van der Waals surface area (Å²) in [6.07, 6.45) is 2.36. The Bertz CT molecular complexity index is 1160. The number of amides is 1. The van der Waals surface area contributed by atoms with E-state index in [2.05, 4.69) is 0 Å². The summed E-state index contributed by atoms with van der Waals surface area (Å²) in [4.78, 5) is 14.5. The fourth-order valence-electron chi connectivity index (χ4n) is 4.47. The van der Waals surface area contributed by atoms with Crippen molar-refractivity contribution in [1.29, 1.82) is 0 Å². The molecule has 2 aromatic rings. The van der Waals surface area contributed by atoms with Crippen molar-refractivity contribution < 1.29 is 23.1 Å². The van der Waals surface area contributed by atoms with Gasteiger partial charge in [-0.1, -0.05) is 42.8 Å². The van der Waals surface area contributed by atoms with Gasteiger partial charge in [-0.15, -0.1) is 0 Å². The van der Waals surface area contributed by atoms with E-state index in [9.17, 15) is 18.3 Å². The third-order valence-electron chi connectivity index (χ3n) is 7.09. The van der Waals surface area contributed by atoms with Gasteiger partial charge in [-0.25, -0.2) is 8.42 Å². The Kier molecular flexibility index (Phi) is 7.54. The van der Waals surface area contributed by atoms with Crippen molar-refractivity contribution >= 4 is 15.9 Å². The zero-order valence-electron chi connectivity index (χ0n) is 21.0. The van der Waals surface area contributed by atoms with E-state index in [1.54, 1.807) is 37.1 Å². The molecule has 1 saturated carbocycles. The first-order valence-corrected chi connectivity index (χ1v) is 13.8. The summed E-state index contributed by atoms with van der Waals surface area (Å²) < 4.78 is 35.1. The molecule has 0 spiro atoms.